The number of amides is 1. The highest BCUT2D eigenvalue weighted by Crippen LogP contribution is 2.27. The highest BCUT2D eigenvalue weighted by atomic mass is 32.1. The highest BCUT2D eigenvalue weighted by molar-refractivity contribution is 7.12. The summed E-state index contributed by atoms with van der Waals surface area (Å²) < 4.78 is 5.92. The van der Waals surface area contributed by atoms with Gasteiger partial charge in [-0.3, -0.25) is 4.79 Å². The van der Waals surface area contributed by atoms with Gasteiger partial charge in [0.15, 0.2) is 0 Å². The van der Waals surface area contributed by atoms with Gasteiger partial charge in [-0.25, -0.2) is 0 Å². The highest BCUT2D eigenvalue weighted by Gasteiger charge is 2.19. The van der Waals surface area contributed by atoms with E-state index in [1.807, 2.05) is 11.4 Å². The molecule has 0 spiro atoms. The molecule has 0 atom stereocenters. The molecule has 1 aromatic carbocycles. The molecule has 0 aliphatic heterocycles. The van der Waals surface area contributed by atoms with Gasteiger partial charge in [0, 0.05) is 11.6 Å². The molecule has 1 saturated carbocycles. The molecule has 4 heteroatoms. The molecule has 0 saturated heterocycles. The Morgan fingerprint density at radius 3 is 2.83 bits per heavy atom. The van der Waals surface area contributed by atoms with Crippen molar-refractivity contribution in [2.75, 3.05) is 0 Å². The quantitative estimate of drug-likeness (QED) is 0.870. The molecule has 2 aliphatic carbocycles. The van der Waals surface area contributed by atoms with Crippen molar-refractivity contribution in [2.24, 2.45) is 0 Å². The lowest BCUT2D eigenvalue weighted by atomic mass is 10.1. The van der Waals surface area contributed by atoms with Crippen LogP contribution in [-0.2, 0) is 19.4 Å². The monoisotopic (exact) mass is 341 g/mol. The van der Waals surface area contributed by atoms with E-state index in [2.05, 4.69) is 23.5 Å². The Labute approximate surface area is 147 Å². The van der Waals surface area contributed by atoms with Gasteiger partial charge in [-0.05, 0) is 66.8 Å². The van der Waals surface area contributed by atoms with E-state index in [0.717, 1.165) is 35.5 Å². The maximum Gasteiger partial charge on any atom is 0.261 e. The largest absolute Gasteiger partial charge is 0.489 e. The first-order chi connectivity index (χ1) is 11.8. The number of thiophene rings is 1. The Kier molecular flexibility index (Phi) is 4.56. The van der Waals surface area contributed by atoms with Crippen LogP contribution < -0.4 is 10.1 Å². The van der Waals surface area contributed by atoms with Crippen LogP contribution in [0, 0.1) is 0 Å². The Balaban J connectivity index is 1.34. The average Bonchev–Trinajstić information content (AvgIpc) is 3.33. The molecular formula is C20H23NO2S. The summed E-state index contributed by atoms with van der Waals surface area (Å²) in [5.41, 5.74) is 3.95. The van der Waals surface area contributed by atoms with Crippen molar-refractivity contribution in [3.8, 4) is 5.75 Å². The van der Waals surface area contributed by atoms with Crippen molar-refractivity contribution in [3.05, 3.63) is 51.2 Å². The van der Waals surface area contributed by atoms with Crippen LogP contribution in [0.2, 0.25) is 0 Å². The van der Waals surface area contributed by atoms with Crippen molar-refractivity contribution >= 4 is 17.2 Å². The summed E-state index contributed by atoms with van der Waals surface area (Å²) in [4.78, 5) is 13.1. The van der Waals surface area contributed by atoms with Crippen LogP contribution in [0.5, 0.6) is 5.75 Å². The van der Waals surface area contributed by atoms with Gasteiger partial charge in [0.1, 0.15) is 12.4 Å². The second-order valence-corrected chi connectivity index (χ2v) is 7.76. The van der Waals surface area contributed by atoms with Gasteiger partial charge < -0.3 is 10.1 Å². The van der Waals surface area contributed by atoms with E-state index in [1.54, 1.807) is 0 Å². The minimum atomic E-state index is 0.0654. The van der Waals surface area contributed by atoms with E-state index in [4.69, 9.17) is 4.74 Å². The molecule has 0 radical (unpaired) electrons. The van der Waals surface area contributed by atoms with Crippen molar-refractivity contribution in [1.29, 1.82) is 0 Å². The zero-order valence-electron chi connectivity index (χ0n) is 13.8. The molecule has 0 bridgehead atoms. The summed E-state index contributed by atoms with van der Waals surface area (Å²) in [7, 11) is 0. The number of ether oxygens (including phenoxy) is 1. The second kappa shape index (κ2) is 6.98. The predicted octanol–water partition coefficient (Wildman–Crippen LogP) is 4.49. The second-order valence-electron chi connectivity index (χ2n) is 6.85. The van der Waals surface area contributed by atoms with Crippen LogP contribution in [0.15, 0.2) is 29.6 Å². The van der Waals surface area contributed by atoms with E-state index in [-0.39, 0.29) is 5.91 Å². The van der Waals surface area contributed by atoms with E-state index >= 15 is 0 Å². The zero-order chi connectivity index (χ0) is 16.4. The van der Waals surface area contributed by atoms with E-state index in [1.165, 1.54) is 48.1 Å². The van der Waals surface area contributed by atoms with Gasteiger partial charge >= 0.3 is 0 Å². The summed E-state index contributed by atoms with van der Waals surface area (Å²) in [6, 6.07) is 8.74. The summed E-state index contributed by atoms with van der Waals surface area (Å²) in [5, 5.41) is 5.17. The average molecular weight is 341 g/mol. The molecule has 3 nitrogen and oxygen atoms in total. The molecule has 4 rings (SSSR count). The number of hydrogen-bond acceptors (Lipinski definition) is 3. The van der Waals surface area contributed by atoms with Crippen LogP contribution in [0.3, 0.4) is 0 Å². The van der Waals surface area contributed by atoms with Crippen molar-refractivity contribution in [2.45, 2.75) is 57.6 Å². The number of nitrogens with one attached hydrogen (secondary N) is 1. The summed E-state index contributed by atoms with van der Waals surface area (Å²) in [6.07, 6.45) is 8.31. The molecule has 2 aromatic rings. The third-order valence-electron chi connectivity index (χ3n) is 5.04. The molecule has 126 valence electrons. The third kappa shape index (κ3) is 3.48. The molecule has 1 N–H and O–H groups in total. The first-order valence-corrected chi connectivity index (χ1v) is 9.79. The summed E-state index contributed by atoms with van der Waals surface area (Å²) >= 11 is 1.50. The van der Waals surface area contributed by atoms with Gasteiger partial charge in [0.05, 0.1) is 4.88 Å². The smallest absolute Gasteiger partial charge is 0.261 e. The Morgan fingerprint density at radius 2 is 1.96 bits per heavy atom. The van der Waals surface area contributed by atoms with Crippen molar-refractivity contribution in [1.82, 2.24) is 5.32 Å². The fourth-order valence-corrected chi connectivity index (χ4v) is 4.50. The predicted molar refractivity (Wildman–Crippen MR) is 96.8 cm³/mol. The number of benzene rings is 1. The number of carbonyl (C=O) groups excluding carboxylic acids is 1. The number of aryl methyl sites for hydroxylation is 2. The molecule has 0 unspecified atom stereocenters. The molecule has 2 aliphatic rings. The lowest BCUT2D eigenvalue weighted by Gasteiger charge is -2.10. The first kappa shape index (κ1) is 15.7. The van der Waals surface area contributed by atoms with Crippen molar-refractivity contribution < 1.29 is 9.53 Å². The van der Waals surface area contributed by atoms with E-state index in [0.29, 0.717) is 12.6 Å². The standard InChI is InChI=1S/C20H23NO2S/c22-20(21-17-6-1-2-7-17)19-10-14(13-24-19)12-23-18-9-8-15-4-3-5-16(15)11-18/h8-11,13,17H,1-7,12H2,(H,21,22). The van der Waals surface area contributed by atoms with E-state index < -0.39 is 0 Å². The lowest BCUT2D eigenvalue weighted by molar-refractivity contribution is 0.0942. The molecule has 24 heavy (non-hydrogen) atoms. The van der Waals surface area contributed by atoms with Gasteiger partial charge in [-0.15, -0.1) is 11.3 Å². The lowest BCUT2D eigenvalue weighted by Crippen LogP contribution is -2.31. The molecule has 1 amide bonds. The topological polar surface area (TPSA) is 38.3 Å². The molecule has 1 aromatic heterocycles. The Bertz CT molecular complexity index is 731. The van der Waals surface area contributed by atoms with Crippen LogP contribution in [0.25, 0.3) is 0 Å². The maximum absolute atomic E-state index is 12.3. The fraction of sp³-hybridized carbons (Fsp3) is 0.450. The van der Waals surface area contributed by atoms with Gasteiger partial charge in [0.25, 0.3) is 5.91 Å². The van der Waals surface area contributed by atoms with Crippen LogP contribution in [0.1, 0.15) is 58.5 Å². The number of carbonyl (C=O) groups is 1. The number of rotatable bonds is 5. The molecular weight excluding hydrogens is 318 g/mol. The van der Waals surface area contributed by atoms with Crippen LogP contribution in [-0.4, -0.2) is 11.9 Å². The Hall–Kier alpha value is -1.81. The molecule has 1 fully saturated rings. The van der Waals surface area contributed by atoms with Crippen LogP contribution >= 0.6 is 11.3 Å². The van der Waals surface area contributed by atoms with Gasteiger partial charge in [-0.1, -0.05) is 18.9 Å². The van der Waals surface area contributed by atoms with Crippen molar-refractivity contribution in [3.63, 3.8) is 0 Å². The van der Waals surface area contributed by atoms with Gasteiger partial charge in [-0.2, -0.15) is 0 Å². The Morgan fingerprint density at radius 1 is 1.12 bits per heavy atom. The summed E-state index contributed by atoms with van der Waals surface area (Å²) in [5.74, 6) is 0.995. The number of fused-ring (bicyclic) bond motifs is 1. The summed E-state index contributed by atoms with van der Waals surface area (Å²) in [6.45, 7) is 0.520. The van der Waals surface area contributed by atoms with Gasteiger partial charge in [0.2, 0.25) is 0 Å². The first-order valence-electron chi connectivity index (χ1n) is 8.91. The van der Waals surface area contributed by atoms with E-state index in [9.17, 15) is 4.79 Å². The van der Waals surface area contributed by atoms with Crippen LogP contribution in [0.4, 0.5) is 0 Å². The maximum atomic E-state index is 12.3. The molecule has 1 heterocycles. The zero-order valence-corrected chi connectivity index (χ0v) is 14.7. The normalized spacial score (nSPS) is 17.0. The third-order valence-corrected chi connectivity index (χ3v) is 6.02. The minimum Gasteiger partial charge on any atom is -0.489 e. The fourth-order valence-electron chi connectivity index (χ4n) is 3.70. The number of hydrogen-bond donors (Lipinski definition) is 1. The SMILES string of the molecule is O=C(NC1CCCC1)c1cc(COc2ccc3c(c2)CCC3)cs1. The minimum absolute atomic E-state index is 0.0654.